The molecule has 15 heteroatoms. The van der Waals surface area contributed by atoms with Crippen molar-refractivity contribution in [2.45, 2.75) is 0 Å². The molecule has 0 unspecified atom stereocenters. The molecular weight excluding hydrogens is 1730 g/mol. The van der Waals surface area contributed by atoms with Crippen LogP contribution in [0.25, 0.3) is 268 Å². The Kier molecular flexibility index (Phi) is 21.6. The Morgan fingerprint density at radius 1 is 0.121 bits per heavy atom. The quantitative estimate of drug-likeness (QED) is 0.0879. The zero-order valence-electron chi connectivity index (χ0n) is 75.6. The molecule has 0 N–H and O–H groups in total. The first-order valence-corrected chi connectivity index (χ1v) is 46.7. The van der Waals surface area contributed by atoms with E-state index in [4.69, 9.17) is 73.1 Å². The summed E-state index contributed by atoms with van der Waals surface area (Å²) >= 11 is 0. The van der Waals surface area contributed by atoms with Crippen molar-refractivity contribution >= 4 is 97.9 Å². The lowest BCUT2D eigenvalue weighted by Gasteiger charge is -2.11. The van der Waals surface area contributed by atoms with Crippen LogP contribution >= 0.6 is 0 Å². The van der Waals surface area contributed by atoms with E-state index >= 15 is 0 Å². The molecule has 0 aliphatic heterocycles. The highest BCUT2D eigenvalue weighted by Crippen LogP contribution is 2.43. The molecule has 6 heterocycles. The first-order chi connectivity index (χ1) is 69.8. The second-order valence-electron chi connectivity index (χ2n) is 34.5. The summed E-state index contributed by atoms with van der Waals surface area (Å²) in [6, 6.07) is 161. The van der Waals surface area contributed by atoms with Crippen molar-refractivity contribution in [3.05, 3.63) is 473 Å². The monoisotopic (exact) mass is 1810 g/mol. The van der Waals surface area contributed by atoms with E-state index in [2.05, 4.69) is 255 Å². The first-order valence-electron chi connectivity index (χ1n) is 46.7. The summed E-state index contributed by atoms with van der Waals surface area (Å²) in [5.41, 5.74) is 22.7. The van der Waals surface area contributed by atoms with Crippen LogP contribution in [0.2, 0.25) is 0 Å². The van der Waals surface area contributed by atoms with Crippen molar-refractivity contribution in [3.63, 3.8) is 0 Å². The molecule has 0 fully saturated rings. The molecule has 0 bridgehead atoms. The van der Waals surface area contributed by atoms with Crippen LogP contribution in [0.1, 0.15) is 0 Å². The minimum Gasteiger partial charge on any atom is -0.435 e. The van der Waals surface area contributed by atoms with Gasteiger partial charge in [0.05, 0.1) is 0 Å². The average molecular weight is 1810 g/mol. The standard InChI is InChI=1S/C48H30N4O.C42H26N4O.C36H22N4O/c1-4-10-31(11-5-1)33-16-23-37(24-17-33)45-50-46(38-25-18-34(19-26-38)32-12-6-2-7-13-32)52-47(51-45)40-27-21-35-20-22-36-28-29-42-44(43(36)41(35)30-40)53-48(49-42)39-14-8-3-9-15-39;1-4-11-27(12-5-1)32-17-10-18-33(25-32)40-44-39(30-13-6-2-7-14-30)45-41(46-40)34-22-20-28-19-21-29-23-24-36-38(37(29)35(28)26-34)47-42(43-36)31-15-8-3-9-16-31;1-4-10-25(11-5-1)33-38-34(26-12-6-2-7-13-26)40-35(39-33)28-19-17-23-16-18-24-20-21-30-32(31(24)29(23)22-28)41-36(37-30)27-14-8-3-9-15-27/h1-30H;1-26H;1-22H. The third-order valence-electron chi connectivity index (χ3n) is 25.6. The van der Waals surface area contributed by atoms with E-state index in [1.807, 2.05) is 218 Å². The molecule has 6 aromatic heterocycles. The number of fused-ring (bicyclic) bond motifs is 15. The van der Waals surface area contributed by atoms with E-state index in [0.717, 1.165) is 198 Å². The van der Waals surface area contributed by atoms with Gasteiger partial charge in [0.1, 0.15) is 16.6 Å². The Bertz CT molecular complexity index is 9220. The van der Waals surface area contributed by atoms with Crippen LogP contribution in [0, 0.1) is 0 Å². The highest BCUT2D eigenvalue weighted by molar-refractivity contribution is 6.21. The number of rotatable bonds is 15. The van der Waals surface area contributed by atoms with Crippen LogP contribution < -0.4 is 0 Å². The molecule has 0 spiro atoms. The van der Waals surface area contributed by atoms with E-state index in [-0.39, 0.29) is 0 Å². The SMILES string of the molecule is c1ccc(-c2ccc(-c3nc(-c4ccc(-c5ccccc5)cc4)nc(-c4ccc5ccc6ccc7nc(-c8ccccc8)oc7c6c5c4)n3)cc2)cc1.c1ccc(-c2cccc(-c3nc(-c4ccccc4)nc(-c4ccc5ccc6ccc7nc(-c8ccccc8)oc7c6c5c4)n3)c2)cc1.c1ccc(-c2nc(-c3ccccc3)nc(-c3ccc4ccc5ccc6nc(-c7ccccc7)oc6c5c4c3)n2)cc1. The largest absolute Gasteiger partial charge is 0.435 e. The number of hydrogen-bond donors (Lipinski definition) is 0. The maximum Gasteiger partial charge on any atom is 0.227 e. The lowest BCUT2D eigenvalue weighted by atomic mass is 9.99. The number of benzene rings is 21. The van der Waals surface area contributed by atoms with Gasteiger partial charge in [-0.15, -0.1) is 0 Å². The summed E-state index contributed by atoms with van der Waals surface area (Å²) in [7, 11) is 0. The van der Waals surface area contributed by atoms with Gasteiger partial charge in [0.15, 0.2) is 69.2 Å². The molecule has 0 aliphatic rings. The fourth-order valence-corrected chi connectivity index (χ4v) is 18.5. The van der Waals surface area contributed by atoms with Crippen molar-refractivity contribution < 1.29 is 13.3 Å². The predicted molar refractivity (Wildman–Crippen MR) is 569 cm³/mol. The second kappa shape index (κ2) is 36.4. The Morgan fingerprint density at radius 2 is 0.298 bits per heavy atom. The fourth-order valence-electron chi connectivity index (χ4n) is 18.5. The van der Waals surface area contributed by atoms with Crippen molar-refractivity contribution in [1.29, 1.82) is 0 Å². The number of oxazole rings is 3. The van der Waals surface area contributed by atoms with Gasteiger partial charge in [0, 0.05) is 82.9 Å². The van der Waals surface area contributed by atoms with E-state index in [1.54, 1.807) is 0 Å². The number of aromatic nitrogens is 12. The lowest BCUT2D eigenvalue weighted by Crippen LogP contribution is -2.00. The topological polar surface area (TPSA) is 194 Å². The highest BCUT2D eigenvalue weighted by Gasteiger charge is 2.24. The molecule has 27 aromatic rings. The van der Waals surface area contributed by atoms with Crippen LogP contribution in [-0.4, -0.2) is 59.8 Å². The zero-order chi connectivity index (χ0) is 93.5. The van der Waals surface area contributed by atoms with Crippen LogP contribution in [0.5, 0.6) is 0 Å². The minimum absolute atomic E-state index is 0.595. The Hall–Kier alpha value is -19.4. The number of hydrogen-bond acceptors (Lipinski definition) is 15. The smallest absolute Gasteiger partial charge is 0.227 e. The van der Waals surface area contributed by atoms with Crippen molar-refractivity contribution in [3.8, 4) is 170 Å². The molecule has 0 atom stereocenters. The third-order valence-corrected chi connectivity index (χ3v) is 25.6. The summed E-state index contributed by atoms with van der Waals surface area (Å²) < 4.78 is 19.4. The lowest BCUT2D eigenvalue weighted by molar-refractivity contribution is 0.623. The maximum absolute atomic E-state index is 6.51. The van der Waals surface area contributed by atoms with Crippen LogP contribution in [-0.2, 0) is 0 Å². The van der Waals surface area contributed by atoms with E-state index < -0.39 is 0 Å². The third kappa shape index (κ3) is 16.6. The zero-order valence-corrected chi connectivity index (χ0v) is 75.6. The van der Waals surface area contributed by atoms with Gasteiger partial charge in [-0.05, 0) is 161 Å². The van der Waals surface area contributed by atoms with Crippen molar-refractivity contribution in [1.82, 2.24) is 59.8 Å². The molecule has 0 saturated heterocycles. The van der Waals surface area contributed by atoms with Crippen LogP contribution in [0.3, 0.4) is 0 Å². The maximum atomic E-state index is 6.51. The highest BCUT2D eigenvalue weighted by atomic mass is 16.4. The van der Waals surface area contributed by atoms with Gasteiger partial charge in [-0.25, -0.2) is 59.8 Å². The molecule has 0 saturated carbocycles. The Balaban J connectivity index is 0.000000112. The van der Waals surface area contributed by atoms with Gasteiger partial charge in [0.2, 0.25) is 17.7 Å². The summed E-state index contributed by atoms with van der Waals surface area (Å²) in [6.07, 6.45) is 0. The van der Waals surface area contributed by atoms with Gasteiger partial charge in [-0.3, -0.25) is 0 Å². The Labute approximate surface area is 809 Å². The van der Waals surface area contributed by atoms with Gasteiger partial charge in [-0.1, -0.05) is 394 Å². The molecule has 0 radical (unpaired) electrons. The number of nitrogens with zero attached hydrogens (tertiary/aromatic N) is 12. The fraction of sp³-hybridized carbons (Fsp3) is 0. The van der Waals surface area contributed by atoms with Gasteiger partial charge >= 0.3 is 0 Å². The summed E-state index contributed by atoms with van der Waals surface area (Å²) in [5, 5.41) is 12.7. The molecule has 141 heavy (non-hydrogen) atoms. The minimum atomic E-state index is 0.595. The molecule has 27 rings (SSSR count). The predicted octanol–water partition coefficient (Wildman–Crippen LogP) is 32.0. The average Bonchev–Trinajstić information content (AvgIpc) is 1.66. The van der Waals surface area contributed by atoms with Crippen molar-refractivity contribution in [2.75, 3.05) is 0 Å². The molecule has 0 amide bonds. The van der Waals surface area contributed by atoms with E-state index in [1.165, 1.54) is 0 Å². The normalized spacial score (nSPS) is 11.4. The molecule has 0 aliphatic carbocycles. The molecule has 15 nitrogen and oxygen atoms in total. The van der Waals surface area contributed by atoms with Gasteiger partial charge in [0.25, 0.3) is 0 Å². The molecule has 21 aromatic carbocycles. The van der Waals surface area contributed by atoms with E-state index in [0.29, 0.717) is 70.1 Å². The van der Waals surface area contributed by atoms with E-state index in [9.17, 15) is 0 Å². The summed E-state index contributed by atoms with van der Waals surface area (Å²) in [5.74, 6) is 7.37. The molecular formula is C126H78N12O3. The first kappa shape index (κ1) is 83.4. The summed E-state index contributed by atoms with van der Waals surface area (Å²) in [6.45, 7) is 0. The van der Waals surface area contributed by atoms with Crippen LogP contribution in [0.4, 0.5) is 0 Å². The van der Waals surface area contributed by atoms with Gasteiger partial charge in [-0.2, -0.15) is 0 Å². The second-order valence-corrected chi connectivity index (χ2v) is 34.5. The molecule has 660 valence electrons. The van der Waals surface area contributed by atoms with Gasteiger partial charge < -0.3 is 13.3 Å². The van der Waals surface area contributed by atoms with Crippen molar-refractivity contribution in [2.24, 2.45) is 0 Å². The summed E-state index contributed by atoms with van der Waals surface area (Å²) in [4.78, 5) is 59.5. The Morgan fingerprint density at radius 3 is 0.574 bits per heavy atom. The van der Waals surface area contributed by atoms with Crippen LogP contribution in [0.15, 0.2) is 486 Å².